The molecule has 1 atom stereocenters. The fourth-order valence-electron chi connectivity index (χ4n) is 3.61. The normalized spacial score (nSPS) is 15.7. The molecular weight excluding hydrogens is 403 g/mol. The number of halogens is 1. The Hall–Kier alpha value is -3.10. The summed E-state index contributed by atoms with van der Waals surface area (Å²) in [6, 6.07) is 4.54. The van der Waals surface area contributed by atoms with Crippen LogP contribution in [0.2, 0.25) is 0 Å². The molecule has 8 nitrogen and oxygen atoms in total. The zero-order valence-corrected chi connectivity index (χ0v) is 18.5. The van der Waals surface area contributed by atoms with Crippen LogP contribution in [0.5, 0.6) is 0 Å². The van der Waals surface area contributed by atoms with Gasteiger partial charge in [0.25, 0.3) is 0 Å². The Bertz CT molecular complexity index is 997. The fourth-order valence-corrected chi connectivity index (χ4v) is 3.61. The number of ether oxygens (including phenoxy) is 1. The fraction of sp³-hybridized carbons (Fsp3) is 0.500. The second-order valence-corrected chi connectivity index (χ2v) is 8.77. The van der Waals surface area contributed by atoms with Gasteiger partial charge in [-0.3, -0.25) is 0 Å². The summed E-state index contributed by atoms with van der Waals surface area (Å²) in [5.74, 6) is 0.268. The Morgan fingerprint density at radius 2 is 1.87 bits per heavy atom. The lowest BCUT2D eigenvalue weighted by atomic mass is 10.0. The standard InChI is InChI=1S/C22H29FN4O4/c1-13-17(23)7-6-15-12-16(14(2)24-20(28)31-22(3,4)5)19(25-18(13)15)26-8-10-27(11-9-26)21(29)30/h6-7,12,14H,8-11H2,1-5H3,(H,24,28)(H,29,30). The number of hydrogen-bond donors (Lipinski definition) is 2. The van der Waals surface area contributed by atoms with Gasteiger partial charge in [0.1, 0.15) is 17.2 Å². The van der Waals surface area contributed by atoms with Gasteiger partial charge in [0.2, 0.25) is 0 Å². The molecule has 9 heteroatoms. The number of anilines is 1. The van der Waals surface area contributed by atoms with Crippen LogP contribution < -0.4 is 10.2 Å². The molecule has 168 valence electrons. The predicted molar refractivity (Wildman–Crippen MR) is 116 cm³/mol. The number of aromatic nitrogens is 1. The SMILES string of the molecule is Cc1c(F)ccc2cc(C(C)NC(=O)OC(C)(C)C)c(N3CCN(C(=O)O)CC3)nc12. The van der Waals surface area contributed by atoms with E-state index in [9.17, 15) is 19.1 Å². The van der Waals surface area contributed by atoms with Crippen molar-refractivity contribution in [1.82, 2.24) is 15.2 Å². The molecule has 2 N–H and O–H groups in total. The number of carbonyl (C=O) groups is 2. The molecule has 1 saturated heterocycles. The Labute approximate surface area is 181 Å². The van der Waals surface area contributed by atoms with Gasteiger partial charge in [-0.2, -0.15) is 0 Å². The van der Waals surface area contributed by atoms with Crippen LogP contribution in [0.4, 0.5) is 19.8 Å². The molecular formula is C22H29FN4O4. The molecule has 0 spiro atoms. The number of carboxylic acid groups (broad SMARTS) is 1. The largest absolute Gasteiger partial charge is 0.465 e. The molecule has 1 aliphatic rings. The number of alkyl carbamates (subject to hydrolysis) is 1. The van der Waals surface area contributed by atoms with Crippen LogP contribution in [0.25, 0.3) is 10.9 Å². The lowest BCUT2D eigenvalue weighted by molar-refractivity contribution is 0.0508. The highest BCUT2D eigenvalue weighted by Crippen LogP contribution is 2.31. The average molecular weight is 432 g/mol. The summed E-state index contributed by atoms with van der Waals surface area (Å²) in [5.41, 5.74) is 1.12. The lowest BCUT2D eigenvalue weighted by Crippen LogP contribution is -2.49. The molecule has 2 amide bonds. The van der Waals surface area contributed by atoms with Crippen molar-refractivity contribution in [1.29, 1.82) is 0 Å². The minimum atomic E-state index is -0.954. The molecule has 0 aliphatic carbocycles. The third-order valence-electron chi connectivity index (χ3n) is 5.23. The first-order chi connectivity index (χ1) is 14.5. The zero-order chi connectivity index (χ0) is 22.9. The van der Waals surface area contributed by atoms with Crippen molar-refractivity contribution in [2.45, 2.75) is 46.3 Å². The van der Waals surface area contributed by atoms with E-state index in [-0.39, 0.29) is 5.82 Å². The third-order valence-corrected chi connectivity index (χ3v) is 5.23. The average Bonchev–Trinajstić information content (AvgIpc) is 2.68. The number of aryl methyl sites for hydroxylation is 1. The molecule has 0 saturated carbocycles. The van der Waals surface area contributed by atoms with Gasteiger partial charge in [-0.1, -0.05) is 0 Å². The molecule has 1 unspecified atom stereocenters. The number of nitrogens with zero attached hydrogens (tertiary/aromatic N) is 3. The molecule has 1 aromatic heterocycles. The van der Waals surface area contributed by atoms with Gasteiger partial charge in [-0.05, 0) is 52.8 Å². The van der Waals surface area contributed by atoms with Crippen molar-refractivity contribution in [3.63, 3.8) is 0 Å². The molecule has 1 aliphatic heterocycles. The van der Waals surface area contributed by atoms with Gasteiger partial charge in [0.15, 0.2) is 0 Å². The number of rotatable bonds is 3. The van der Waals surface area contributed by atoms with Crippen molar-refractivity contribution in [3.05, 3.63) is 35.1 Å². The highest BCUT2D eigenvalue weighted by atomic mass is 19.1. The quantitative estimate of drug-likeness (QED) is 0.759. The van der Waals surface area contributed by atoms with Crippen LogP contribution in [0.3, 0.4) is 0 Å². The minimum absolute atomic E-state index is 0.338. The van der Waals surface area contributed by atoms with Gasteiger partial charge in [-0.25, -0.2) is 19.0 Å². The summed E-state index contributed by atoms with van der Waals surface area (Å²) in [5, 5.41) is 12.8. The van der Waals surface area contributed by atoms with E-state index < -0.39 is 23.8 Å². The van der Waals surface area contributed by atoms with Gasteiger partial charge in [0, 0.05) is 42.7 Å². The molecule has 3 rings (SSSR count). The van der Waals surface area contributed by atoms with E-state index in [0.717, 1.165) is 10.9 Å². The zero-order valence-electron chi connectivity index (χ0n) is 18.5. The van der Waals surface area contributed by atoms with E-state index in [2.05, 4.69) is 5.32 Å². The van der Waals surface area contributed by atoms with Crippen molar-refractivity contribution in [3.8, 4) is 0 Å². The summed E-state index contributed by atoms with van der Waals surface area (Å²) in [6.45, 7) is 10.5. The van der Waals surface area contributed by atoms with E-state index in [1.54, 1.807) is 33.8 Å². The topological polar surface area (TPSA) is 95.0 Å². The first-order valence-electron chi connectivity index (χ1n) is 10.3. The van der Waals surface area contributed by atoms with Gasteiger partial charge in [-0.15, -0.1) is 0 Å². The highest BCUT2D eigenvalue weighted by molar-refractivity contribution is 5.85. The number of carbonyl (C=O) groups excluding carboxylic acids is 1. The van der Waals surface area contributed by atoms with E-state index in [4.69, 9.17) is 9.72 Å². The van der Waals surface area contributed by atoms with E-state index >= 15 is 0 Å². The highest BCUT2D eigenvalue weighted by Gasteiger charge is 2.27. The van der Waals surface area contributed by atoms with Crippen LogP contribution in [0, 0.1) is 12.7 Å². The minimum Gasteiger partial charge on any atom is -0.465 e. The second kappa shape index (κ2) is 8.56. The molecule has 31 heavy (non-hydrogen) atoms. The number of pyridine rings is 1. The summed E-state index contributed by atoms with van der Waals surface area (Å²) in [4.78, 5) is 31.7. The Morgan fingerprint density at radius 1 is 1.23 bits per heavy atom. The smallest absolute Gasteiger partial charge is 0.408 e. The Balaban J connectivity index is 1.98. The first-order valence-corrected chi connectivity index (χ1v) is 10.3. The molecule has 2 heterocycles. The van der Waals surface area contributed by atoms with E-state index in [1.165, 1.54) is 11.0 Å². The van der Waals surface area contributed by atoms with Crippen molar-refractivity contribution in [2.24, 2.45) is 0 Å². The lowest BCUT2D eigenvalue weighted by Gasteiger charge is -2.35. The van der Waals surface area contributed by atoms with Gasteiger partial charge >= 0.3 is 12.2 Å². The summed E-state index contributed by atoms with van der Waals surface area (Å²) in [6.07, 6.45) is -1.50. The van der Waals surface area contributed by atoms with Crippen molar-refractivity contribution >= 4 is 28.9 Å². The summed E-state index contributed by atoms with van der Waals surface area (Å²) in [7, 11) is 0. The molecule has 0 bridgehead atoms. The number of benzene rings is 1. The molecule has 1 aromatic carbocycles. The van der Waals surface area contributed by atoms with Crippen LogP contribution in [-0.4, -0.2) is 59.0 Å². The summed E-state index contributed by atoms with van der Waals surface area (Å²) >= 11 is 0. The maximum Gasteiger partial charge on any atom is 0.408 e. The number of hydrogen-bond acceptors (Lipinski definition) is 5. The van der Waals surface area contributed by atoms with Crippen molar-refractivity contribution in [2.75, 3.05) is 31.1 Å². The Kier molecular flexibility index (Phi) is 6.24. The monoisotopic (exact) mass is 432 g/mol. The number of piperazine rings is 1. The predicted octanol–water partition coefficient (Wildman–Crippen LogP) is 4.07. The third kappa shape index (κ3) is 5.15. The van der Waals surface area contributed by atoms with Crippen LogP contribution in [-0.2, 0) is 4.74 Å². The van der Waals surface area contributed by atoms with Gasteiger partial charge < -0.3 is 25.0 Å². The van der Waals surface area contributed by atoms with Crippen molar-refractivity contribution < 1.29 is 23.8 Å². The van der Waals surface area contributed by atoms with Crippen LogP contribution in [0.1, 0.15) is 44.9 Å². The summed E-state index contributed by atoms with van der Waals surface area (Å²) < 4.78 is 19.5. The maximum absolute atomic E-state index is 14.2. The molecule has 0 radical (unpaired) electrons. The number of fused-ring (bicyclic) bond motifs is 1. The first kappa shape index (κ1) is 22.6. The van der Waals surface area contributed by atoms with Gasteiger partial charge in [0.05, 0.1) is 11.6 Å². The van der Waals surface area contributed by atoms with Crippen LogP contribution in [0.15, 0.2) is 18.2 Å². The van der Waals surface area contributed by atoms with Crippen LogP contribution >= 0.6 is 0 Å². The molecule has 2 aromatic rings. The van der Waals surface area contributed by atoms with E-state index in [1.807, 2.05) is 17.9 Å². The Morgan fingerprint density at radius 3 is 2.45 bits per heavy atom. The number of nitrogens with one attached hydrogen (secondary N) is 1. The maximum atomic E-state index is 14.2. The van der Waals surface area contributed by atoms with E-state index in [0.29, 0.717) is 43.1 Å². The second-order valence-electron chi connectivity index (χ2n) is 8.77. The number of amides is 2. The molecule has 1 fully saturated rings.